The van der Waals surface area contributed by atoms with Crippen molar-refractivity contribution in [3.63, 3.8) is 0 Å². The molecule has 0 unspecified atom stereocenters. The molecule has 0 aliphatic heterocycles. The summed E-state index contributed by atoms with van der Waals surface area (Å²) in [6.45, 7) is 2.27. The lowest BCUT2D eigenvalue weighted by atomic mass is 10.1. The first-order valence-electron chi connectivity index (χ1n) is 5.43. The zero-order valence-electron chi connectivity index (χ0n) is 10.4. The standard InChI is InChI=1S/C12H16ClN3O2/c1-8-3-4-9(10(13)7-8)12(17)16(2)6-5-11(14)15-18/h3-4,7,18H,5-6H2,1-2H3,(H2,14,15). The lowest BCUT2D eigenvalue weighted by Gasteiger charge is -2.17. The molecule has 0 spiro atoms. The molecule has 0 fully saturated rings. The molecule has 0 atom stereocenters. The first-order chi connectivity index (χ1) is 8.45. The second kappa shape index (κ2) is 6.26. The highest BCUT2D eigenvalue weighted by Crippen LogP contribution is 2.19. The van der Waals surface area contributed by atoms with Crippen LogP contribution in [-0.4, -0.2) is 35.4 Å². The van der Waals surface area contributed by atoms with Gasteiger partial charge in [-0.3, -0.25) is 4.79 Å². The van der Waals surface area contributed by atoms with Crippen LogP contribution < -0.4 is 5.73 Å². The maximum atomic E-state index is 12.1. The van der Waals surface area contributed by atoms with Crippen molar-refractivity contribution in [2.75, 3.05) is 13.6 Å². The predicted octanol–water partition coefficient (Wildman–Crippen LogP) is 1.86. The van der Waals surface area contributed by atoms with Gasteiger partial charge in [0.25, 0.3) is 5.91 Å². The quantitative estimate of drug-likeness (QED) is 0.379. The zero-order valence-corrected chi connectivity index (χ0v) is 11.1. The first-order valence-corrected chi connectivity index (χ1v) is 5.81. The van der Waals surface area contributed by atoms with Crippen LogP contribution in [0.3, 0.4) is 0 Å². The third-order valence-corrected chi connectivity index (χ3v) is 2.85. The molecule has 1 rings (SSSR count). The fourth-order valence-corrected chi connectivity index (χ4v) is 1.75. The second-order valence-corrected chi connectivity index (χ2v) is 4.46. The van der Waals surface area contributed by atoms with Gasteiger partial charge >= 0.3 is 0 Å². The second-order valence-electron chi connectivity index (χ2n) is 4.05. The van der Waals surface area contributed by atoms with Gasteiger partial charge in [0.15, 0.2) is 0 Å². The van der Waals surface area contributed by atoms with Gasteiger partial charge in [0.1, 0.15) is 5.84 Å². The van der Waals surface area contributed by atoms with Crippen molar-refractivity contribution >= 4 is 23.3 Å². The van der Waals surface area contributed by atoms with Crippen LogP contribution in [0.2, 0.25) is 5.02 Å². The van der Waals surface area contributed by atoms with Gasteiger partial charge in [0.2, 0.25) is 0 Å². The first kappa shape index (κ1) is 14.3. The third kappa shape index (κ3) is 3.63. The molecule has 1 aromatic carbocycles. The summed E-state index contributed by atoms with van der Waals surface area (Å²) in [5, 5.41) is 11.7. The van der Waals surface area contributed by atoms with Crippen LogP contribution in [0.4, 0.5) is 0 Å². The number of benzene rings is 1. The fourth-order valence-electron chi connectivity index (χ4n) is 1.43. The Balaban J connectivity index is 2.74. The van der Waals surface area contributed by atoms with Crippen molar-refractivity contribution in [1.29, 1.82) is 0 Å². The van der Waals surface area contributed by atoms with E-state index in [1.165, 1.54) is 4.90 Å². The van der Waals surface area contributed by atoms with E-state index in [9.17, 15) is 4.79 Å². The molecule has 0 aliphatic rings. The van der Waals surface area contributed by atoms with Crippen molar-refractivity contribution in [2.24, 2.45) is 10.9 Å². The maximum absolute atomic E-state index is 12.1. The van der Waals surface area contributed by atoms with E-state index in [2.05, 4.69) is 5.16 Å². The smallest absolute Gasteiger partial charge is 0.255 e. The zero-order chi connectivity index (χ0) is 13.7. The monoisotopic (exact) mass is 269 g/mol. The molecule has 3 N–H and O–H groups in total. The van der Waals surface area contributed by atoms with Gasteiger partial charge in [-0.25, -0.2) is 0 Å². The van der Waals surface area contributed by atoms with Gasteiger partial charge in [-0.2, -0.15) is 0 Å². The summed E-state index contributed by atoms with van der Waals surface area (Å²) in [7, 11) is 1.64. The van der Waals surface area contributed by atoms with Gasteiger partial charge in [0.05, 0.1) is 10.6 Å². The van der Waals surface area contributed by atoms with E-state index in [0.29, 0.717) is 23.6 Å². The number of hydrogen-bond donors (Lipinski definition) is 2. The number of rotatable bonds is 4. The summed E-state index contributed by atoms with van der Waals surface area (Å²) in [4.78, 5) is 13.6. The molecule has 98 valence electrons. The highest BCUT2D eigenvalue weighted by molar-refractivity contribution is 6.33. The Labute approximate surface area is 111 Å². The third-order valence-electron chi connectivity index (χ3n) is 2.53. The lowest BCUT2D eigenvalue weighted by Crippen LogP contribution is -2.30. The average Bonchev–Trinajstić information content (AvgIpc) is 2.34. The van der Waals surface area contributed by atoms with E-state index >= 15 is 0 Å². The molecule has 0 heterocycles. The van der Waals surface area contributed by atoms with Crippen LogP contribution in [0.15, 0.2) is 23.4 Å². The molecular formula is C12H16ClN3O2. The predicted molar refractivity (Wildman–Crippen MR) is 71.2 cm³/mol. The number of amidine groups is 1. The number of oxime groups is 1. The number of nitrogens with two attached hydrogens (primary N) is 1. The van der Waals surface area contributed by atoms with Crippen molar-refractivity contribution in [3.8, 4) is 0 Å². The Morgan fingerprint density at radius 2 is 2.22 bits per heavy atom. The van der Waals surface area contributed by atoms with E-state index in [1.807, 2.05) is 13.0 Å². The minimum absolute atomic E-state index is 0.0876. The van der Waals surface area contributed by atoms with Crippen LogP contribution in [0, 0.1) is 6.92 Å². The van der Waals surface area contributed by atoms with Crippen molar-refractivity contribution in [2.45, 2.75) is 13.3 Å². The van der Waals surface area contributed by atoms with Crippen LogP contribution in [0.5, 0.6) is 0 Å². The molecule has 6 heteroatoms. The molecular weight excluding hydrogens is 254 g/mol. The van der Waals surface area contributed by atoms with E-state index in [0.717, 1.165) is 5.56 Å². The Bertz CT molecular complexity index is 474. The molecule has 0 radical (unpaired) electrons. The molecule has 1 amide bonds. The van der Waals surface area contributed by atoms with Crippen LogP contribution in [0.1, 0.15) is 22.3 Å². The topological polar surface area (TPSA) is 78.9 Å². The molecule has 1 aromatic rings. The SMILES string of the molecule is Cc1ccc(C(=O)N(C)CC/C(N)=N/O)c(Cl)c1. The number of hydrogen-bond acceptors (Lipinski definition) is 3. The summed E-state index contributed by atoms with van der Waals surface area (Å²) in [5.74, 6) is -0.101. The minimum atomic E-state index is -0.189. The maximum Gasteiger partial charge on any atom is 0.255 e. The van der Waals surface area contributed by atoms with E-state index in [1.54, 1.807) is 19.2 Å². The van der Waals surface area contributed by atoms with Crippen LogP contribution in [0.25, 0.3) is 0 Å². The van der Waals surface area contributed by atoms with Crippen molar-refractivity contribution in [1.82, 2.24) is 4.90 Å². The van der Waals surface area contributed by atoms with E-state index < -0.39 is 0 Å². The molecule has 0 aromatic heterocycles. The lowest BCUT2D eigenvalue weighted by molar-refractivity contribution is 0.0798. The summed E-state index contributed by atoms with van der Waals surface area (Å²) < 4.78 is 0. The molecule has 18 heavy (non-hydrogen) atoms. The number of carbonyl (C=O) groups excluding carboxylic acids is 1. The van der Waals surface area contributed by atoms with Crippen molar-refractivity contribution < 1.29 is 10.0 Å². The van der Waals surface area contributed by atoms with Gasteiger partial charge in [-0.1, -0.05) is 22.8 Å². The summed E-state index contributed by atoms with van der Waals surface area (Å²) >= 11 is 6.02. The number of carbonyl (C=O) groups is 1. The van der Waals surface area contributed by atoms with Crippen LogP contribution >= 0.6 is 11.6 Å². The average molecular weight is 270 g/mol. The molecule has 0 bridgehead atoms. The summed E-state index contributed by atoms with van der Waals surface area (Å²) in [5.41, 5.74) is 6.79. The van der Waals surface area contributed by atoms with Gasteiger partial charge in [0, 0.05) is 20.0 Å². The minimum Gasteiger partial charge on any atom is -0.409 e. The highest BCUT2D eigenvalue weighted by atomic mass is 35.5. The largest absolute Gasteiger partial charge is 0.409 e. The number of amides is 1. The summed E-state index contributed by atoms with van der Waals surface area (Å²) in [6.07, 6.45) is 0.308. The van der Waals surface area contributed by atoms with Gasteiger partial charge in [-0.05, 0) is 24.6 Å². The highest BCUT2D eigenvalue weighted by Gasteiger charge is 2.15. The molecule has 0 aliphatic carbocycles. The Hall–Kier alpha value is -1.75. The number of halogens is 1. The summed E-state index contributed by atoms with van der Waals surface area (Å²) in [6, 6.07) is 5.27. The Morgan fingerprint density at radius 1 is 1.56 bits per heavy atom. The van der Waals surface area contributed by atoms with Gasteiger partial charge in [-0.15, -0.1) is 0 Å². The normalized spacial score (nSPS) is 11.4. The fraction of sp³-hybridized carbons (Fsp3) is 0.333. The van der Waals surface area contributed by atoms with Crippen LogP contribution in [-0.2, 0) is 0 Å². The molecule has 5 nitrogen and oxygen atoms in total. The van der Waals surface area contributed by atoms with E-state index in [-0.39, 0.29) is 11.7 Å². The Kier molecular flexibility index (Phi) is 4.97. The van der Waals surface area contributed by atoms with Gasteiger partial charge < -0.3 is 15.8 Å². The van der Waals surface area contributed by atoms with Crippen molar-refractivity contribution in [3.05, 3.63) is 34.3 Å². The van der Waals surface area contributed by atoms with E-state index in [4.69, 9.17) is 22.5 Å². The molecule has 0 saturated carbocycles. The Morgan fingerprint density at radius 3 is 2.78 bits per heavy atom. The number of nitrogens with zero attached hydrogens (tertiary/aromatic N) is 2. The molecule has 0 saturated heterocycles. The number of aryl methyl sites for hydroxylation is 1.